The van der Waals surface area contributed by atoms with Gasteiger partial charge >= 0.3 is 0 Å². The number of hydrogen-bond donors (Lipinski definition) is 2. The zero-order chi connectivity index (χ0) is 13.5. The van der Waals surface area contributed by atoms with E-state index in [1.54, 1.807) is 26.1 Å². The maximum atomic E-state index is 11.5. The topological polar surface area (TPSA) is 99.8 Å². The summed E-state index contributed by atoms with van der Waals surface area (Å²) in [5.41, 5.74) is 0. The van der Waals surface area contributed by atoms with Crippen molar-refractivity contribution in [2.75, 3.05) is 11.9 Å². The third kappa shape index (κ3) is 4.25. The monoisotopic (exact) mass is 249 g/mol. The molecule has 0 aromatic carbocycles. The third-order valence-electron chi connectivity index (χ3n) is 2.09. The normalized spacial score (nSPS) is 9.89. The summed E-state index contributed by atoms with van der Waals surface area (Å²) < 4.78 is 1.41. The van der Waals surface area contributed by atoms with Gasteiger partial charge in [-0.25, -0.2) is 0 Å². The SMILES string of the molecule is CC(C)C(=O)NCC(=O)Nc1ccn(CC#N)n1. The molecule has 0 spiro atoms. The van der Waals surface area contributed by atoms with Gasteiger partial charge in [-0.05, 0) is 0 Å². The van der Waals surface area contributed by atoms with E-state index in [1.807, 2.05) is 6.07 Å². The summed E-state index contributed by atoms with van der Waals surface area (Å²) in [6, 6.07) is 3.52. The van der Waals surface area contributed by atoms with Gasteiger partial charge in [0.25, 0.3) is 0 Å². The summed E-state index contributed by atoms with van der Waals surface area (Å²) in [5.74, 6) is -0.340. The molecule has 7 heteroatoms. The van der Waals surface area contributed by atoms with Crippen LogP contribution in [-0.4, -0.2) is 28.1 Å². The fraction of sp³-hybridized carbons (Fsp3) is 0.455. The lowest BCUT2D eigenvalue weighted by molar-refractivity contribution is -0.126. The van der Waals surface area contributed by atoms with Gasteiger partial charge in [0, 0.05) is 18.2 Å². The minimum absolute atomic E-state index is 0.0951. The fourth-order valence-corrected chi connectivity index (χ4v) is 1.15. The first kappa shape index (κ1) is 13.7. The molecule has 0 fully saturated rings. The minimum atomic E-state index is -0.355. The highest BCUT2D eigenvalue weighted by molar-refractivity contribution is 5.93. The van der Waals surface area contributed by atoms with E-state index in [4.69, 9.17) is 5.26 Å². The second kappa shape index (κ2) is 6.39. The summed E-state index contributed by atoms with van der Waals surface area (Å²) >= 11 is 0. The molecule has 1 aromatic rings. The maximum Gasteiger partial charge on any atom is 0.244 e. The number of hydrogen-bond acceptors (Lipinski definition) is 4. The molecule has 0 atom stereocenters. The smallest absolute Gasteiger partial charge is 0.244 e. The molecule has 0 aliphatic heterocycles. The first-order valence-corrected chi connectivity index (χ1v) is 5.51. The molecule has 2 amide bonds. The minimum Gasteiger partial charge on any atom is -0.347 e. The van der Waals surface area contributed by atoms with Crippen molar-refractivity contribution in [3.05, 3.63) is 12.3 Å². The van der Waals surface area contributed by atoms with Gasteiger partial charge in [-0.3, -0.25) is 14.3 Å². The molecule has 0 saturated carbocycles. The van der Waals surface area contributed by atoms with E-state index in [0.717, 1.165) is 0 Å². The molecule has 0 radical (unpaired) electrons. The number of anilines is 1. The number of nitrogens with one attached hydrogen (secondary N) is 2. The van der Waals surface area contributed by atoms with Gasteiger partial charge in [0.15, 0.2) is 5.82 Å². The van der Waals surface area contributed by atoms with E-state index in [9.17, 15) is 9.59 Å². The molecule has 1 heterocycles. The highest BCUT2D eigenvalue weighted by atomic mass is 16.2. The lowest BCUT2D eigenvalue weighted by Crippen LogP contribution is -2.35. The van der Waals surface area contributed by atoms with Crippen molar-refractivity contribution in [2.24, 2.45) is 5.92 Å². The van der Waals surface area contributed by atoms with Gasteiger partial charge in [0.2, 0.25) is 11.8 Å². The number of carbonyl (C=O) groups excluding carboxylic acids is 2. The van der Waals surface area contributed by atoms with Crippen molar-refractivity contribution in [2.45, 2.75) is 20.4 Å². The average Bonchev–Trinajstić information content (AvgIpc) is 2.73. The van der Waals surface area contributed by atoms with Gasteiger partial charge in [-0.1, -0.05) is 13.8 Å². The van der Waals surface area contributed by atoms with Crippen molar-refractivity contribution in [1.82, 2.24) is 15.1 Å². The molecule has 96 valence electrons. The quantitative estimate of drug-likeness (QED) is 0.773. The lowest BCUT2D eigenvalue weighted by atomic mass is 10.2. The number of nitrogens with zero attached hydrogens (tertiary/aromatic N) is 3. The molecule has 0 aliphatic rings. The highest BCUT2D eigenvalue weighted by Gasteiger charge is 2.09. The average molecular weight is 249 g/mol. The molecule has 7 nitrogen and oxygen atoms in total. The van der Waals surface area contributed by atoms with Crippen LogP contribution in [0.25, 0.3) is 0 Å². The van der Waals surface area contributed by atoms with Crippen LogP contribution in [0.15, 0.2) is 12.3 Å². The molecule has 1 rings (SSSR count). The van der Waals surface area contributed by atoms with E-state index in [2.05, 4.69) is 15.7 Å². The summed E-state index contributed by atoms with van der Waals surface area (Å²) in [6.45, 7) is 3.52. The van der Waals surface area contributed by atoms with Crippen molar-refractivity contribution in [3.8, 4) is 6.07 Å². The third-order valence-corrected chi connectivity index (χ3v) is 2.09. The van der Waals surface area contributed by atoms with Gasteiger partial charge in [0.05, 0.1) is 12.6 Å². The van der Waals surface area contributed by atoms with Crippen LogP contribution in [-0.2, 0) is 16.1 Å². The molecule has 18 heavy (non-hydrogen) atoms. The first-order valence-electron chi connectivity index (χ1n) is 5.51. The molecule has 2 N–H and O–H groups in total. The van der Waals surface area contributed by atoms with Crippen molar-refractivity contribution < 1.29 is 9.59 Å². The molecule has 0 unspecified atom stereocenters. The van der Waals surface area contributed by atoms with Gasteiger partial charge in [0.1, 0.15) is 6.54 Å². The standard InChI is InChI=1S/C11H15N5O2/c1-8(2)11(18)13-7-10(17)14-9-3-5-16(15-9)6-4-12/h3,5,8H,6-7H2,1-2H3,(H,13,18)(H,14,15,17). The molecule has 1 aromatic heterocycles. The number of carbonyl (C=O) groups is 2. The van der Waals surface area contributed by atoms with Crippen molar-refractivity contribution in [3.63, 3.8) is 0 Å². The zero-order valence-corrected chi connectivity index (χ0v) is 10.3. The molecule has 0 aliphatic carbocycles. The Bertz CT molecular complexity index is 472. The predicted molar refractivity (Wildman–Crippen MR) is 64.3 cm³/mol. The van der Waals surface area contributed by atoms with Crippen molar-refractivity contribution >= 4 is 17.6 Å². The number of aromatic nitrogens is 2. The van der Waals surface area contributed by atoms with Crippen LogP contribution in [0.1, 0.15) is 13.8 Å². The van der Waals surface area contributed by atoms with E-state index < -0.39 is 0 Å². The van der Waals surface area contributed by atoms with Crippen LogP contribution in [0.3, 0.4) is 0 Å². The Hall–Kier alpha value is -2.36. The largest absolute Gasteiger partial charge is 0.347 e. The lowest BCUT2D eigenvalue weighted by Gasteiger charge is -2.06. The van der Waals surface area contributed by atoms with Crippen LogP contribution in [0.5, 0.6) is 0 Å². The molecule has 0 saturated heterocycles. The van der Waals surface area contributed by atoms with Gasteiger partial charge < -0.3 is 10.6 Å². The van der Waals surface area contributed by atoms with Crippen LogP contribution < -0.4 is 10.6 Å². The first-order chi connectivity index (χ1) is 8.52. The number of rotatable bonds is 5. The number of amides is 2. The van der Waals surface area contributed by atoms with Gasteiger partial charge in [-0.15, -0.1) is 0 Å². The summed E-state index contributed by atoms with van der Waals surface area (Å²) in [5, 5.41) is 17.4. The van der Waals surface area contributed by atoms with Crippen molar-refractivity contribution in [1.29, 1.82) is 5.26 Å². The molecular weight excluding hydrogens is 234 g/mol. The fourth-order valence-electron chi connectivity index (χ4n) is 1.15. The van der Waals surface area contributed by atoms with Crippen LogP contribution in [0.4, 0.5) is 5.82 Å². The Morgan fingerprint density at radius 3 is 2.89 bits per heavy atom. The van der Waals surface area contributed by atoms with E-state index >= 15 is 0 Å². The predicted octanol–water partition coefficient (Wildman–Crippen LogP) is 0.117. The van der Waals surface area contributed by atoms with Crippen LogP contribution in [0, 0.1) is 17.2 Å². The highest BCUT2D eigenvalue weighted by Crippen LogP contribution is 2.01. The molecule has 0 bridgehead atoms. The Balaban J connectivity index is 2.40. The Morgan fingerprint density at radius 2 is 2.28 bits per heavy atom. The van der Waals surface area contributed by atoms with Crippen LogP contribution in [0.2, 0.25) is 0 Å². The summed E-state index contributed by atoms with van der Waals surface area (Å²) in [6.07, 6.45) is 1.59. The second-order valence-corrected chi connectivity index (χ2v) is 3.98. The van der Waals surface area contributed by atoms with Gasteiger partial charge in [-0.2, -0.15) is 10.4 Å². The van der Waals surface area contributed by atoms with E-state index in [1.165, 1.54) is 4.68 Å². The Kier molecular flexibility index (Phi) is 4.87. The maximum absolute atomic E-state index is 11.5. The van der Waals surface area contributed by atoms with E-state index in [0.29, 0.717) is 5.82 Å². The van der Waals surface area contributed by atoms with E-state index in [-0.39, 0.29) is 30.8 Å². The van der Waals surface area contributed by atoms with Crippen LogP contribution >= 0.6 is 0 Å². The summed E-state index contributed by atoms with van der Waals surface area (Å²) in [4.78, 5) is 22.7. The summed E-state index contributed by atoms with van der Waals surface area (Å²) in [7, 11) is 0. The Labute approximate surface area is 105 Å². The zero-order valence-electron chi connectivity index (χ0n) is 10.3. The number of nitriles is 1. The Morgan fingerprint density at radius 1 is 1.56 bits per heavy atom. The molecular formula is C11H15N5O2. The second-order valence-electron chi connectivity index (χ2n) is 3.98.